The molecule has 252 valence electrons. The maximum atomic E-state index is 15.7. The van der Waals surface area contributed by atoms with Crippen molar-refractivity contribution >= 4 is 53.2 Å². The number of rotatable bonds is 8. The van der Waals surface area contributed by atoms with Gasteiger partial charge in [-0.25, -0.2) is 37.0 Å². The predicted octanol–water partition coefficient (Wildman–Crippen LogP) is 2.15. The Kier molecular flexibility index (Phi) is 8.40. The fourth-order valence-electron chi connectivity index (χ4n) is 6.36. The van der Waals surface area contributed by atoms with Crippen molar-refractivity contribution in [2.45, 2.75) is 30.5 Å². The number of ether oxygens (including phenoxy) is 2. The van der Waals surface area contributed by atoms with E-state index in [2.05, 4.69) is 15.6 Å². The summed E-state index contributed by atoms with van der Waals surface area (Å²) in [5.74, 6) is -7.99. The first-order valence-corrected chi connectivity index (χ1v) is 15.1. The molecule has 0 bridgehead atoms. The van der Waals surface area contributed by atoms with Crippen LogP contribution in [-0.2, 0) is 19.1 Å². The van der Waals surface area contributed by atoms with E-state index in [-0.39, 0.29) is 35.4 Å². The quantitative estimate of drug-likeness (QED) is 0.117. The number of hydrogen-bond donors (Lipinski definition) is 5. The van der Waals surface area contributed by atoms with Crippen LogP contribution in [0.15, 0.2) is 53.0 Å². The van der Waals surface area contributed by atoms with Crippen LogP contribution in [-0.4, -0.2) is 98.4 Å². The number of pyridine rings is 1. The SMILES string of the molecule is C[C@@H](O)[C@@H]1C(=O)N2C(OC(=O)O)=C(COC(=O)NC3CNCC3[N@+]3(c4ccc(F)cc4F)C=C(C(=O)O)C(=O)c4cc(F)cnc43)S[C@H]12. The molecule has 2 aromatic rings. The first kappa shape index (κ1) is 32.9. The summed E-state index contributed by atoms with van der Waals surface area (Å²) in [6, 6.07) is 1.12. The average Bonchev–Trinajstić information content (AvgIpc) is 3.58. The second-order valence-corrected chi connectivity index (χ2v) is 12.4. The molecule has 2 fully saturated rings. The summed E-state index contributed by atoms with van der Waals surface area (Å²) in [6.07, 6.45) is -2.19. The molecule has 2 unspecified atom stereocenters. The third kappa shape index (κ3) is 5.33. The first-order chi connectivity index (χ1) is 22.7. The number of carboxylic acids is 1. The van der Waals surface area contributed by atoms with Crippen LogP contribution in [0, 0.1) is 23.4 Å². The normalized spacial score (nSPS) is 26.7. The van der Waals surface area contributed by atoms with Gasteiger partial charge < -0.3 is 35.4 Å². The number of alkyl carbamates (subject to hydrolysis) is 1. The number of β-lactam (4-membered cyclic amide) rings is 1. The van der Waals surface area contributed by atoms with Crippen molar-refractivity contribution < 1.29 is 61.9 Å². The number of aliphatic hydroxyl groups excluding tert-OH is 1. The number of quaternary nitrogens is 1. The molecule has 4 aliphatic heterocycles. The average molecular weight is 693 g/mol. The molecule has 6 rings (SSSR count). The van der Waals surface area contributed by atoms with Gasteiger partial charge in [-0.1, -0.05) is 11.8 Å². The van der Waals surface area contributed by atoms with E-state index in [1.54, 1.807) is 0 Å². The molecule has 2 saturated heterocycles. The van der Waals surface area contributed by atoms with E-state index < -0.39 is 99.1 Å². The van der Waals surface area contributed by atoms with E-state index in [1.165, 1.54) is 6.92 Å². The van der Waals surface area contributed by atoms with Crippen LogP contribution in [0.3, 0.4) is 0 Å². The van der Waals surface area contributed by atoms with Gasteiger partial charge in [-0.05, 0) is 19.1 Å². The second kappa shape index (κ2) is 12.2. The number of thioether (sulfide) groups is 1. The van der Waals surface area contributed by atoms with Crippen molar-refractivity contribution in [2.24, 2.45) is 5.92 Å². The number of carboxylic acid groups (broad SMARTS) is 2. The molecule has 1 aromatic carbocycles. The Morgan fingerprint density at radius 3 is 2.58 bits per heavy atom. The lowest BCUT2D eigenvalue weighted by Crippen LogP contribution is -2.61. The number of carbonyl (C=O) groups is 5. The Hall–Kier alpha value is -4.98. The minimum absolute atomic E-state index is 0.00541. The lowest BCUT2D eigenvalue weighted by atomic mass is 9.93. The van der Waals surface area contributed by atoms with Crippen molar-refractivity contribution in [1.82, 2.24) is 25.0 Å². The molecule has 0 aliphatic carbocycles. The smallest absolute Gasteiger partial charge is 0.477 e. The van der Waals surface area contributed by atoms with Crippen molar-refractivity contribution in [2.75, 3.05) is 19.7 Å². The Bertz CT molecular complexity index is 1840. The van der Waals surface area contributed by atoms with E-state index in [0.29, 0.717) is 6.07 Å². The summed E-state index contributed by atoms with van der Waals surface area (Å²) < 4.78 is 53.3. The number of ketones is 1. The lowest BCUT2D eigenvalue weighted by molar-refractivity contribution is -0.155. The highest BCUT2D eigenvalue weighted by Gasteiger charge is 2.58. The van der Waals surface area contributed by atoms with E-state index >= 15 is 4.39 Å². The summed E-state index contributed by atoms with van der Waals surface area (Å²) in [5.41, 5.74) is -1.70. The molecule has 15 nitrogen and oxygen atoms in total. The number of fused-ring (bicyclic) bond motifs is 2. The fourth-order valence-corrected chi connectivity index (χ4v) is 7.82. The number of Topliss-reactive ketones (excluding diaryl/α,β-unsaturated/α-hetero) is 1. The third-order valence-electron chi connectivity index (χ3n) is 8.40. The van der Waals surface area contributed by atoms with E-state index in [0.717, 1.165) is 47.3 Å². The molecule has 5 heterocycles. The summed E-state index contributed by atoms with van der Waals surface area (Å²) in [5, 5.41) is 34.0. The second-order valence-electron chi connectivity index (χ2n) is 11.2. The van der Waals surface area contributed by atoms with Gasteiger partial charge in [0, 0.05) is 18.7 Å². The number of aromatic nitrogens is 1. The molecule has 48 heavy (non-hydrogen) atoms. The van der Waals surface area contributed by atoms with Crippen molar-refractivity contribution in [3.63, 3.8) is 0 Å². The highest BCUT2D eigenvalue weighted by molar-refractivity contribution is 8.04. The fraction of sp³-hybridized carbons (Fsp3) is 0.310. The van der Waals surface area contributed by atoms with E-state index in [1.807, 2.05) is 0 Å². The van der Waals surface area contributed by atoms with Crippen LogP contribution in [0.5, 0.6) is 0 Å². The number of hydrogen-bond acceptors (Lipinski definition) is 11. The zero-order valence-corrected chi connectivity index (χ0v) is 25.4. The van der Waals surface area contributed by atoms with Crippen molar-refractivity contribution in [1.29, 1.82) is 0 Å². The predicted molar refractivity (Wildman–Crippen MR) is 157 cm³/mol. The number of amides is 2. The van der Waals surface area contributed by atoms with Gasteiger partial charge >= 0.3 is 18.2 Å². The third-order valence-corrected chi connectivity index (χ3v) is 9.72. The maximum absolute atomic E-state index is 15.7. The maximum Gasteiger partial charge on any atom is 0.512 e. The zero-order valence-electron chi connectivity index (χ0n) is 24.6. The summed E-state index contributed by atoms with van der Waals surface area (Å²) in [4.78, 5) is 67.6. The van der Waals surface area contributed by atoms with E-state index in [9.17, 15) is 48.1 Å². The largest absolute Gasteiger partial charge is 0.512 e. The number of carbonyl (C=O) groups excluding carboxylic acids is 3. The number of aliphatic hydroxyl groups is 1. The minimum atomic E-state index is -1.73. The van der Waals surface area contributed by atoms with Crippen LogP contribution < -0.4 is 15.1 Å². The van der Waals surface area contributed by atoms with Gasteiger partial charge in [-0.2, -0.15) is 0 Å². The van der Waals surface area contributed by atoms with Gasteiger partial charge in [-0.3, -0.25) is 14.5 Å². The number of nitrogens with one attached hydrogen (secondary N) is 2. The molecule has 1 aromatic heterocycles. The Labute approximate surface area is 272 Å². The highest BCUT2D eigenvalue weighted by Crippen LogP contribution is 2.51. The number of aliphatic carboxylic acids is 1. The molecule has 0 saturated carbocycles. The van der Waals surface area contributed by atoms with Crippen LogP contribution >= 0.6 is 11.8 Å². The summed E-state index contributed by atoms with van der Waals surface area (Å²) in [6.45, 7) is 0.768. The minimum Gasteiger partial charge on any atom is -0.477 e. The molecular formula is C29H25F3N5O10S+. The Morgan fingerprint density at radius 1 is 1.17 bits per heavy atom. The van der Waals surface area contributed by atoms with Gasteiger partial charge in [0.25, 0.3) is 0 Å². The van der Waals surface area contributed by atoms with Crippen molar-refractivity contribution in [3.8, 4) is 0 Å². The van der Waals surface area contributed by atoms with Gasteiger partial charge in [-0.15, -0.1) is 0 Å². The molecule has 2 amide bonds. The van der Waals surface area contributed by atoms with Gasteiger partial charge in [0.05, 0.1) is 35.7 Å². The molecule has 6 atom stereocenters. The Balaban J connectivity index is 1.33. The number of halogens is 3. The summed E-state index contributed by atoms with van der Waals surface area (Å²) in [7, 11) is 0. The molecule has 0 radical (unpaired) electrons. The van der Waals surface area contributed by atoms with E-state index in [4.69, 9.17) is 9.47 Å². The molecular weight excluding hydrogens is 667 g/mol. The number of benzene rings is 1. The molecule has 0 spiro atoms. The monoisotopic (exact) mass is 692 g/mol. The molecule has 5 N–H and O–H groups in total. The first-order valence-electron chi connectivity index (χ1n) is 14.2. The van der Waals surface area contributed by atoms with Gasteiger partial charge in [0.2, 0.25) is 23.4 Å². The molecule has 4 aliphatic rings. The van der Waals surface area contributed by atoms with Crippen molar-refractivity contribution in [3.05, 3.63) is 76.0 Å². The van der Waals surface area contributed by atoms with Gasteiger partial charge in [0.15, 0.2) is 17.1 Å². The Morgan fingerprint density at radius 2 is 1.92 bits per heavy atom. The van der Waals surface area contributed by atoms with Crippen LogP contribution in [0.4, 0.5) is 34.3 Å². The standard InChI is InChI=1S/C29H24F3N5O10S/c1-11(38)21-24(40)36-25(47-29(44)45)20(48-26(21)36)10-46-28(43)35-17-7-33-8-19(17)37(18-3-2-12(30)5-16(18)32)9-15(27(41)42)22(39)14-4-13(31)6-34-23(14)37/h2-6,9,11,17,19,21,26,33,38H,7-8,10H2,1H3,(H2-,35,41,42,43,44,45)/p+1/t11-,17?,19?,21-,26-,37-/m1/s1. The lowest BCUT2D eigenvalue weighted by Gasteiger charge is -2.43. The molecule has 19 heteroatoms. The van der Waals surface area contributed by atoms with Gasteiger partial charge in [0.1, 0.15) is 41.4 Å². The number of nitrogens with zero attached hydrogens (tertiary/aromatic N) is 3. The zero-order chi connectivity index (χ0) is 34.7. The van der Waals surface area contributed by atoms with Crippen LogP contribution in [0.1, 0.15) is 17.3 Å². The van der Waals surface area contributed by atoms with Crippen LogP contribution in [0.25, 0.3) is 0 Å². The van der Waals surface area contributed by atoms with Crippen LogP contribution in [0.2, 0.25) is 0 Å². The highest BCUT2D eigenvalue weighted by atomic mass is 32.2. The topological polar surface area (TPSA) is 205 Å². The summed E-state index contributed by atoms with van der Waals surface area (Å²) >= 11 is 0.964.